The van der Waals surface area contributed by atoms with E-state index in [1.807, 2.05) is 6.07 Å². The summed E-state index contributed by atoms with van der Waals surface area (Å²) < 4.78 is 5.23. The lowest BCUT2D eigenvalue weighted by atomic mass is 10.2. The standard InChI is InChI=1S/C10H11N3O3/c1-12-4-5-16-10-6-8(7-11)2-3-9(10)13(14)15/h2-3,6,12H,4-5H2,1H3. The number of likely N-dealkylation sites (N-methyl/N-ethyl adjacent to an activating group) is 1. The molecule has 0 aliphatic heterocycles. The molecule has 0 heterocycles. The fourth-order valence-electron chi connectivity index (χ4n) is 1.11. The number of ether oxygens (including phenoxy) is 1. The molecule has 0 aliphatic rings. The molecule has 1 rings (SSSR count). The number of nitrogens with one attached hydrogen (secondary N) is 1. The van der Waals surface area contributed by atoms with E-state index in [0.29, 0.717) is 18.7 Å². The third-order valence-electron chi connectivity index (χ3n) is 1.90. The van der Waals surface area contributed by atoms with Crippen LogP contribution in [0.15, 0.2) is 18.2 Å². The summed E-state index contributed by atoms with van der Waals surface area (Å²) in [4.78, 5) is 10.1. The van der Waals surface area contributed by atoms with E-state index in [2.05, 4.69) is 5.32 Å². The Morgan fingerprint density at radius 2 is 2.38 bits per heavy atom. The van der Waals surface area contributed by atoms with E-state index in [-0.39, 0.29) is 11.4 Å². The molecule has 0 amide bonds. The molecule has 0 aliphatic carbocycles. The minimum atomic E-state index is -0.532. The normalized spacial score (nSPS) is 9.50. The van der Waals surface area contributed by atoms with Crippen LogP contribution in [0.4, 0.5) is 5.69 Å². The van der Waals surface area contributed by atoms with Crippen molar-refractivity contribution < 1.29 is 9.66 Å². The number of nitro benzene ring substituents is 1. The van der Waals surface area contributed by atoms with Crippen molar-refractivity contribution in [3.05, 3.63) is 33.9 Å². The third kappa shape index (κ3) is 2.93. The van der Waals surface area contributed by atoms with Crippen LogP contribution in [0.1, 0.15) is 5.56 Å². The summed E-state index contributed by atoms with van der Waals surface area (Å²) in [6.07, 6.45) is 0. The number of benzene rings is 1. The van der Waals surface area contributed by atoms with E-state index in [4.69, 9.17) is 10.00 Å². The molecule has 0 atom stereocenters. The highest BCUT2D eigenvalue weighted by Gasteiger charge is 2.15. The molecule has 6 heteroatoms. The van der Waals surface area contributed by atoms with Crippen LogP contribution in [0.5, 0.6) is 5.75 Å². The quantitative estimate of drug-likeness (QED) is 0.456. The van der Waals surface area contributed by atoms with Gasteiger partial charge in [0, 0.05) is 18.7 Å². The van der Waals surface area contributed by atoms with Crippen molar-refractivity contribution in [3.8, 4) is 11.8 Å². The first-order chi connectivity index (χ1) is 7.69. The smallest absolute Gasteiger partial charge is 0.311 e. The van der Waals surface area contributed by atoms with Gasteiger partial charge < -0.3 is 10.1 Å². The lowest BCUT2D eigenvalue weighted by molar-refractivity contribution is -0.385. The van der Waals surface area contributed by atoms with Gasteiger partial charge in [-0.2, -0.15) is 5.26 Å². The summed E-state index contributed by atoms with van der Waals surface area (Å²) in [5, 5.41) is 22.2. The molecule has 1 N–H and O–H groups in total. The number of rotatable bonds is 5. The predicted octanol–water partition coefficient (Wildman–Crippen LogP) is 1.06. The third-order valence-corrected chi connectivity index (χ3v) is 1.90. The first-order valence-electron chi connectivity index (χ1n) is 4.65. The van der Waals surface area contributed by atoms with Gasteiger partial charge in [-0.3, -0.25) is 10.1 Å². The van der Waals surface area contributed by atoms with E-state index in [1.165, 1.54) is 18.2 Å². The Labute approximate surface area is 92.6 Å². The van der Waals surface area contributed by atoms with Gasteiger partial charge in [0.2, 0.25) is 0 Å². The van der Waals surface area contributed by atoms with Crippen molar-refractivity contribution in [1.82, 2.24) is 5.32 Å². The second-order valence-corrected chi connectivity index (χ2v) is 3.00. The average Bonchev–Trinajstić information content (AvgIpc) is 2.29. The first kappa shape index (κ1) is 11.9. The topological polar surface area (TPSA) is 88.2 Å². The van der Waals surface area contributed by atoms with Gasteiger partial charge in [-0.05, 0) is 13.1 Å². The highest BCUT2D eigenvalue weighted by Crippen LogP contribution is 2.27. The maximum atomic E-state index is 10.7. The van der Waals surface area contributed by atoms with Crippen molar-refractivity contribution in [2.24, 2.45) is 0 Å². The largest absolute Gasteiger partial charge is 0.485 e. The van der Waals surface area contributed by atoms with E-state index in [9.17, 15) is 10.1 Å². The molecule has 0 unspecified atom stereocenters. The fourth-order valence-corrected chi connectivity index (χ4v) is 1.11. The molecule has 1 aromatic rings. The molecule has 16 heavy (non-hydrogen) atoms. The molecular weight excluding hydrogens is 210 g/mol. The molecule has 0 fully saturated rings. The van der Waals surface area contributed by atoms with E-state index in [0.717, 1.165) is 0 Å². The molecule has 0 saturated heterocycles. The maximum Gasteiger partial charge on any atom is 0.311 e. The molecular formula is C10H11N3O3. The van der Waals surface area contributed by atoms with Gasteiger partial charge in [0.15, 0.2) is 5.75 Å². The first-order valence-corrected chi connectivity index (χ1v) is 4.65. The highest BCUT2D eigenvalue weighted by molar-refractivity contribution is 5.51. The van der Waals surface area contributed by atoms with Crippen LogP contribution in [0.3, 0.4) is 0 Å². The number of nitrogens with zero attached hydrogens (tertiary/aromatic N) is 2. The molecule has 0 aromatic heterocycles. The summed E-state index contributed by atoms with van der Waals surface area (Å²) in [6.45, 7) is 0.889. The Morgan fingerprint density at radius 3 is 2.94 bits per heavy atom. The van der Waals surface area contributed by atoms with Crippen molar-refractivity contribution in [2.75, 3.05) is 20.2 Å². The molecule has 1 aromatic carbocycles. The van der Waals surface area contributed by atoms with Crippen LogP contribution in [0.2, 0.25) is 0 Å². The Morgan fingerprint density at radius 1 is 1.62 bits per heavy atom. The van der Waals surface area contributed by atoms with Crippen molar-refractivity contribution in [2.45, 2.75) is 0 Å². The van der Waals surface area contributed by atoms with Crippen molar-refractivity contribution in [1.29, 1.82) is 5.26 Å². The monoisotopic (exact) mass is 221 g/mol. The summed E-state index contributed by atoms with van der Waals surface area (Å²) in [7, 11) is 1.75. The Bertz CT molecular complexity index is 426. The molecule has 0 spiro atoms. The summed E-state index contributed by atoms with van der Waals surface area (Å²) in [5.41, 5.74) is 0.208. The Hall–Kier alpha value is -2.13. The van der Waals surface area contributed by atoms with Crippen LogP contribution in [-0.2, 0) is 0 Å². The minimum absolute atomic E-state index is 0.124. The van der Waals surface area contributed by atoms with Gasteiger partial charge in [-0.25, -0.2) is 0 Å². The van der Waals surface area contributed by atoms with Crippen LogP contribution >= 0.6 is 0 Å². The van der Waals surface area contributed by atoms with Gasteiger partial charge in [0.25, 0.3) is 0 Å². The van der Waals surface area contributed by atoms with Gasteiger partial charge >= 0.3 is 5.69 Å². The maximum absolute atomic E-state index is 10.7. The Balaban J connectivity index is 2.92. The van der Waals surface area contributed by atoms with Crippen LogP contribution in [0.25, 0.3) is 0 Å². The highest BCUT2D eigenvalue weighted by atomic mass is 16.6. The Kier molecular flexibility index (Phi) is 4.24. The number of nitriles is 1. The van der Waals surface area contributed by atoms with Gasteiger partial charge in [-0.1, -0.05) is 0 Å². The second-order valence-electron chi connectivity index (χ2n) is 3.00. The molecule has 0 radical (unpaired) electrons. The molecule has 6 nitrogen and oxygen atoms in total. The zero-order valence-electron chi connectivity index (χ0n) is 8.77. The molecule has 84 valence electrons. The van der Waals surface area contributed by atoms with E-state index >= 15 is 0 Å². The second kappa shape index (κ2) is 5.68. The average molecular weight is 221 g/mol. The fraction of sp³-hybridized carbons (Fsp3) is 0.300. The number of hydrogen-bond donors (Lipinski definition) is 1. The zero-order valence-corrected chi connectivity index (χ0v) is 8.77. The van der Waals surface area contributed by atoms with Gasteiger partial charge in [0.1, 0.15) is 6.61 Å². The molecule has 0 bridgehead atoms. The lowest BCUT2D eigenvalue weighted by Gasteiger charge is -2.06. The van der Waals surface area contributed by atoms with Crippen LogP contribution in [-0.4, -0.2) is 25.1 Å². The predicted molar refractivity (Wildman–Crippen MR) is 57.2 cm³/mol. The minimum Gasteiger partial charge on any atom is -0.485 e. The summed E-state index contributed by atoms with van der Waals surface area (Å²) in [5.74, 6) is 0.124. The van der Waals surface area contributed by atoms with Gasteiger partial charge in [-0.15, -0.1) is 0 Å². The lowest BCUT2D eigenvalue weighted by Crippen LogP contribution is -2.16. The van der Waals surface area contributed by atoms with Crippen molar-refractivity contribution in [3.63, 3.8) is 0 Å². The van der Waals surface area contributed by atoms with Gasteiger partial charge in [0.05, 0.1) is 16.6 Å². The zero-order chi connectivity index (χ0) is 12.0. The summed E-state index contributed by atoms with van der Waals surface area (Å²) >= 11 is 0. The number of hydrogen-bond acceptors (Lipinski definition) is 5. The number of nitro groups is 1. The van der Waals surface area contributed by atoms with E-state index in [1.54, 1.807) is 7.05 Å². The van der Waals surface area contributed by atoms with Crippen molar-refractivity contribution >= 4 is 5.69 Å². The van der Waals surface area contributed by atoms with Crippen LogP contribution < -0.4 is 10.1 Å². The SMILES string of the molecule is CNCCOc1cc(C#N)ccc1[N+](=O)[O-]. The van der Waals surface area contributed by atoms with Crippen LogP contribution in [0, 0.1) is 21.4 Å². The molecule has 0 saturated carbocycles. The van der Waals surface area contributed by atoms with E-state index < -0.39 is 4.92 Å². The summed E-state index contributed by atoms with van der Waals surface area (Å²) in [6, 6.07) is 5.94.